The highest BCUT2D eigenvalue weighted by atomic mass is 16.2. The van der Waals surface area contributed by atoms with Gasteiger partial charge in [-0.1, -0.05) is 6.07 Å². The topological polar surface area (TPSA) is 37.6 Å². The third kappa shape index (κ3) is 1.44. The monoisotopic (exact) mass is 229 g/mol. The van der Waals surface area contributed by atoms with Crippen LogP contribution in [-0.2, 0) is 0 Å². The van der Waals surface area contributed by atoms with E-state index in [-0.39, 0.29) is 5.91 Å². The average molecular weight is 229 g/mol. The summed E-state index contributed by atoms with van der Waals surface area (Å²) in [5.41, 5.74) is 3.51. The van der Waals surface area contributed by atoms with Gasteiger partial charge in [0.1, 0.15) is 11.3 Å². The van der Waals surface area contributed by atoms with E-state index in [0.29, 0.717) is 5.69 Å². The molecule has 0 radical (unpaired) electrons. The average Bonchev–Trinajstić information content (AvgIpc) is 2.53. The summed E-state index contributed by atoms with van der Waals surface area (Å²) < 4.78 is 1.91. The van der Waals surface area contributed by atoms with E-state index in [9.17, 15) is 4.79 Å². The number of likely N-dealkylation sites (tertiary alicyclic amines) is 1. The second-order valence-electron chi connectivity index (χ2n) is 4.58. The quantitative estimate of drug-likeness (QED) is 0.747. The highest BCUT2D eigenvalue weighted by Crippen LogP contribution is 2.19. The molecule has 4 nitrogen and oxygen atoms in total. The number of amides is 1. The van der Waals surface area contributed by atoms with Gasteiger partial charge in [-0.2, -0.15) is 0 Å². The molecule has 0 atom stereocenters. The minimum atomic E-state index is 0.104. The van der Waals surface area contributed by atoms with Gasteiger partial charge in [0, 0.05) is 19.3 Å². The SMILES string of the molecule is Cc1nc2c(C)cccn2c1C(=O)N1CCC1. The summed E-state index contributed by atoms with van der Waals surface area (Å²) in [6, 6.07) is 3.97. The Labute approximate surface area is 99.9 Å². The number of carbonyl (C=O) groups is 1. The highest BCUT2D eigenvalue weighted by molar-refractivity contribution is 5.95. The van der Waals surface area contributed by atoms with E-state index in [1.807, 2.05) is 41.5 Å². The van der Waals surface area contributed by atoms with Gasteiger partial charge in [-0.25, -0.2) is 4.98 Å². The maximum Gasteiger partial charge on any atom is 0.272 e. The van der Waals surface area contributed by atoms with E-state index in [0.717, 1.165) is 36.4 Å². The van der Waals surface area contributed by atoms with Crippen molar-refractivity contribution in [2.75, 3.05) is 13.1 Å². The molecule has 1 amide bonds. The third-order valence-corrected chi connectivity index (χ3v) is 3.37. The molecule has 0 saturated carbocycles. The van der Waals surface area contributed by atoms with Crippen LogP contribution in [0, 0.1) is 13.8 Å². The second-order valence-corrected chi connectivity index (χ2v) is 4.58. The van der Waals surface area contributed by atoms with Crippen LogP contribution < -0.4 is 0 Å². The van der Waals surface area contributed by atoms with Gasteiger partial charge < -0.3 is 4.90 Å². The first-order valence-electron chi connectivity index (χ1n) is 5.92. The first kappa shape index (κ1) is 10.3. The largest absolute Gasteiger partial charge is 0.337 e. The van der Waals surface area contributed by atoms with Gasteiger partial charge in [0.2, 0.25) is 0 Å². The molecule has 0 spiro atoms. The molecule has 17 heavy (non-hydrogen) atoms. The highest BCUT2D eigenvalue weighted by Gasteiger charge is 2.26. The van der Waals surface area contributed by atoms with E-state index < -0.39 is 0 Å². The number of aromatic nitrogens is 2. The van der Waals surface area contributed by atoms with Crippen LogP contribution in [0.3, 0.4) is 0 Å². The zero-order chi connectivity index (χ0) is 12.0. The van der Waals surface area contributed by atoms with Crippen LogP contribution in [0.15, 0.2) is 18.3 Å². The molecule has 0 aromatic carbocycles. The van der Waals surface area contributed by atoms with Crippen molar-refractivity contribution < 1.29 is 4.79 Å². The van der Waals surface area contributed by atoms with Gasteiger partial charge in [0.15, 0.2) is 0 Å². The van der Waals surface area contributed by atoms with Crippen molar-refractivity contribution in [3.8, 4) is 0 Å². The number of carbonyl (C=O) groups excluding carboxylic acids is 1. The van der Waals surface area contributed by atoms with Gasteiger partial charge in [-0.05, 0) is 31.9 Å². The molecule has 1 aliphatic rings. The molecule has 88 valence electrons. The lowest BCUT2D eigenvalue weighted by Gasteiger charge is -2.30. The van der Waals surface area contributed by atoms with Gasteiger partial charge in [-0.15, -0.1) is 0 Å². The van der Waals surface area contributed by atoms with Crippen molar-refractivity contribution in [2.24, 2.45) is 0 Å². The first-order valence-corrected chi connectivity index (χ1v) is 5.92. The first-order chi connectivity index (χ1) is 8.18. The number of hydrogen-bond acceptors (Lipinski definition) is 2. The minimum Gasteiger partial charge on any atom is -0.337 e. The van der Waals surface area contributed by atoms with Gasteiger partial charge in [0.05, 0.1) is 5.69 Å². The fourth-order valence-corrected chi connectivity index (χ4v) is 2.24. The smallest absolute Gasteiger partial charge is 0.272 e. The third-order valence-electron chi connectivity index (χ3n) is 3.37. The number of imidazole rings is 1. The molecule has 1 aliphatic heterocycles. The second kappa shape index (κ2) is 3.58. The van der Waals surface area contributed by atoms with E-state index >= 15 is 0 Å². The van der Waals surface area contributed by atoms with Crippen molar-refractivity contribution in [3.63, 3.8) is 0 Å². The Balaban J connectivity index is 2.18. The standard InChI is InChI=1S/C13H15N3O/c1-9-5-3-8-16-11(10(2)14-12(9)16)13(17)15-6-4-7-15/h3,5,8H,4,6-7H2,1-2H3. The molecular formula is C13H15N3O. The molecule has 0 N–H and O–H groups in total. The van der Waals surface area contributed by atoms with E-state index in [2.05, 4.69) is 4.98 Å². The van der Waals surface area contributed by atoms with Crippen molar-refractivity contribution in [3.05, 3.63) is 35.3 Å². The van der Waals surface area contributed by atoms with Crippen molar-refractivity contribution in [1.82, 2.24) is 14.3 Å². The molecule has 4 heteroatoms. The zero-order valence-electron chi connectivity index (χ0n) is 10.1. The Bertz CT molecular complexity index is 596. The summed E-state index contributed by atoms with van der Waals surface area (Å²) in [5, 5.41) is 0. The van der Waals surface area contributed by atoms with Crippen LogP contribution in [0.1, 0.15) is 28.2 Å². The Morgan fingerprint density at radius 2 is 2.12 bits per heavy atom. The van der Waals surface area contributed by atoms with Crippen LogP contribution in [0.5, 0.6) is 0 Å². The summed E-state index contributed by atoms with van der Waals surface area (Å²) in [6.07, 6.45) is 3.02. The number of aryl methyl sites for hydroxylation is 2. The number of pyridine rings is 1. The number of nitrogens with zero attached hydrogens (tertiary/aromatic N) is 3. The number of rotatable bonds is 1. The summed E-state index contributed by atoms with van der Waals surface area (Å²) in [7, 11) is 0. The molecule has 2 aromatic heterocycles. The minimum absolute atomic E-state index is 0.104. The molecule has 2 aromatic rings. The molecule has 0 aliphatic carbocycles. The fourth-order valence-electron chi connectivity index (χ4n) is 2.24. The van der Waals surface area contributed by atoms with E-state index in [1.54, 1.807) is 0 Å². The van der Waals surface area contributed by atoms with Crippen LogP contribution in [0.25, 0.3) is 5.65 Å². The molecular weight excluding hydrogens is 214 g/mol. The van der Waals surface area contributed by atoms with Gasteiger partial charge in [0.25, 0.3) is 5.91 Å². The lowest BCUT2D eigenvalue weighted by molar-refractivity contribution is 0.0643. The summed E-state index contributed by atoms with van der Waals surface area (Å²) >= 11 is 0. The fraction of sp³-hybridized carbons (Fsp3) is 0.385. The Morgan fingerprint density at radius 1 is 1.35 bits per heavy atom. The lowest BCUT2D eigenvalue weighted by Crippen LogP contribution is -2.42. The maximum atomic E-state index is 12.3. The zero-order valence-corrected chi connectivity index (χ0v) is 10.1. The Hall–Kier alpha value is -1.84. The molecule has 1 saturated heterocycles. The number of fused-ring (bicyclic) bond motifs is 1. The molecule has 0 bridgehead atoms. The molecule has 1 fully saturated rings. The normalized spacial score (nSPS) is 15.1. The maximum absolute atomic E-state index is 12.3. The summed E-state index contributed by atoms with van der Waals surface area (Å²) in [5.74, 6) is 0.104. The van der Waals surface area contributed by atoms with Crippen LogP contribution in [-0.4, -0.2) is 33.3 Å². The Morgan fingerprint density at radius 3 is 2.76 bits per heavy atom. The predicted octanol–water partition coefficient (Wildman–Crippen LogP) is 1.80. The van der Waals surface area contributed by atoms with Crippen LogP contribution in [0.2, 0.25) is 0 Å². The number of hydrogen-bond donors (Lipinski definition) is 0. The molecule has 3 rings (SSSR count). The molecule has 3 heterocycles. The Kier molecular flexibility index (Phi) is 2.18. The van der Waals surface area contributed by atoms with Gasteiger partial charge >= 0.3 is 0 Å². The van der Waals surface area contributed by atoms with Crippen molar-refractivity contribution in [1.29, 1.82) is 0 Å². The van der Waals surface area contributed by atoms with Crippen molar-refractivity contribution in [2.45, 2.75) is 20.3 Å². The van der Waals surface area contributed by atoms with E-state index in [1.165, 1.54) is 0 Å². The van der Waals surface area contributed by atoms with E-state index in [4.69, 9.17) is 0 Å². The predicted molar refractivity (Wildman–Crippen MR) is 65.2 cm³/mol. The van der Waals surface area contributed by atoms with Gasteiger partial charge in [-0.3, -0.25) is 9.20 Å². The summed E-state index contributed by atoms with van der Waals surface area (Å²) in [4.78, 5) is 18.7. The van der Waals surface area contributed by atoms with Crippen LogP contribution in [0.4, 0.5) is 0 Å². The van der Waals surface area contributed by atoms with Crippen molar-refractivity contribution >= 4 is 11.6 Å². The molecule has 0 unspecified atom stereocenters. The lowest BCUT2D eigenvalue weighted by atomic mass is 10.2. The summed E-state index contributed by atoms with van der Waals surface area (Å²) in [6.45, 7) is 5.66. The van der Waals surface area contributed by atoms with Crippen LogP contribution >= 0.6 is 0 Å².